The number of nitrogens with one attached hydrogen (secondary N) is 1. The predicted octanol–water partition coefficient (Wildman–Crippen LogP) is 2.77. The van der Waals surface area contributed by atoms with Gasteiger partial charge in [-0.25, -0.2) is 12.8 Å². The fourth-order valence-electron chi connectivity index (χ4n) is 1.87. The summed E-state index contributed by atoms with van der Waals surface area (Å²) in [5.41, 5.74) is 0.983. The number of carbonyl (C=O) groups excluding carboxylic acids is 1. The van der Waals surface area contributed by atoms with Crippen LogP contribution in [-0.2, 0) is 20.4 Å². The van der Waals surface area contributed by atoms with Crippen LogP contribution >= 0.6 is 0 Å². The van der Waals surface area contributed by atoms with E-state index in [9.17, 15) is 17.6 Å². The molecule has 0 aliphatic rings. The van der Waals surface area contributed by atoms with E-state index in [0.717, 1.165) is 0 Å². The van der Waals surface area contributed by atoms with E-state index in [1.165, 1.54) is 31.2 Å². The first-order chi connectivity index (χ1) is 10.4. The molecule has 0 radical (unpaired) electrons. The zero-order valence-corrected chi connectivity index (χ0v) is 12.8. The van der Waals surface area contributed by atoms with Crippen LogP contribution in [0, 0.1) is 5.82 Å². The minimum Gasteiger partial charge on any atom is -0.325 e. The van der Waals surface area contributed by atoms with E-state index in [-0.39, 0.29) is 5.75 Å². The Morgan fingerprint density at radius 3 is 2.27 bits per heavy atom. The molecule has 0 aromatic heterocycles. The fraction of sp³-hybridized carbons (Fsp3) is 0.188. The average molecular weight is 321 g/mol. The van der Waals surface area contributed by atoms with Crippen LogP contribution in [0.5, 0.6) is 0 Å². The van der Waals surface area contributed by atoms with Gasteiger partial charge in [0, 0.05) is 5.69 Å². The van der Waals surface area contributed by atoms with E-state index in [2.05, 4.69) is 5.32 Å². The molecule has 4 nitrogen and oxygen atoms in total. The van der Waals surface area contributed by atoms with Crippen LogP contribution in [0.15, 0.2) is 54.6 Å². The highest BCUT2D eigenvalue weighted by atomic mass is 32.2. The Bertz CT molecular complexity index is 743. The number of benzene rings is 2. The molecule has 1 N–H and O–H groups in total. The van der Waals surface area contributed by atoms with Gasteiger partial charge >= 0.3 is 0 Å². The summed E-state index contributed by atoms with van der Waals surface area (Å²) in [6.45, 7) is 1.34. The van der Waals surface area contributed by atoms with Gasteiger partial charge in [-0.3, -0.25) is 4.79 Å². The molecule has 0 fully saturated rings. The summed E-state index contributed by atoms with van der Waals surface area (Å²) in [4.78, 5) is 12.1. The lowest BCUT2D eigenvalue weighted by Gasteiger charge is -2.13. The number of anilines is 1. The highest BCUT2D eigenvalue weighted by molar-refractivity contribution is 7.92. The molecular weight excluding hydrogens is 305 g/mol. The molecule has 0 heterocycles. The third kappa shape index (κ3) is 4.14. The van der Waals surface area contributed by atoms with Crippen LogP contribution in [0.3, 0.4) is 0 Å². The molecule has 22 heavy (non-hydrogen) atoms. The van der Waals surface area contributed by atoms with Crippen LogP contribution < -0.4 is 5.32 Å². The minimum absolute atomic E-state index is 0.309. The summed E-state index contributed by atoms with van der Waals surface area (Å²) in [7, 11) is -3.68. The van der Waals surface area contributed by atoms with Crippen molar-refractivity contribution in [3.05, 3.63) is 66.0 Å². The number of hydrogen-bond acceptors (Lipinski definition) is 3. The number of para-hydroxylation sites is 1. The van der Waals surface area contributed by atoms with E-state index in [1.807, 2.05) is 0 Å². The van der Waals surface area contributed by atoms with Crippen molar-refractivity contribution < 1.29 is 17.6 Å². The Morgan fingerprint density at radius 2 is 1.68 bits per heavy atom. The molecular formula is C16H16FNO3S. The maximum Gasteiger partial charge on any atom is 0.242 e. The van der Waals surface area contributed by atoms with Gasteiger partial charge < -0.3 is 5.32 Å². The summed E-state index contributed by atoms with van der Waals surface area (Å²) >= 11 is 0. The van der Waals surface area contributed by atoms with E-state index in [0.29, 0.717) is 11.3 Å². The molecule has 1 amide bonds. The smallest absolute Gasteiger partial charge is 0.242 e. The topological polar surface area (TPSA) is 63.2 Å². The van der Waals surface area contributed by atoms with Crippen molar-refractivity contribution in [3.63, 3.8) is 0 Å². The Hall–Kier alpha value is -2.21. The van der Waals surface area contributed by atoms with Gasteiger partial charge in [-0.2, -0.15) is 0 Å². The predicted molar refractivity (Wildman–Crippen MR) is 83.6 cm³/mol. The van der Waals surface area contributed by atoms with E-state index >= 15 is 0 Å². The average Bonchev–Trinajstić information content (AvgIpc) is 2.49. The number of hydrogen-bond donors (Lipinski definition) is 1. The minimum atomic E-state index is -3.68. The lowest BCUT2D eigenvalue weighted by molar-refractivity contribution is -0.115. The number of amides is 1. The van der Waals surface area contributed by atoms with Crippen molar-refractivity contribution in [3.8, 4) is 0 Å². The fourth-order valence-corrected chi connectivity index (χ4v) is 3.16. The molecule has 116 valence electrons. The zero-order valence-electron chi connectivity index (χ0n) is 12.0. The van der Waals surface area contributed by atoms with Crippen LogP contribution in [0.2, 0.25) is 0 Å². The number of halogens is 1. The maximum absolute atomic E-state index is 12.8. The molecule has 0 spiro atoms. The van der Waals surface area contributed by atoms with Gasteiger partial charge in [0.2, 0.25) is 5.91 Å². The Labute approximate surface area is 128 Å². The van der Waals surface area contributed by atoms with Crippen molar-refractivity contribution >= 4 is 21.4 Å². The van der Waals surface area contributed by atoms with Crippen molar-refractivity contribution in [1.29, 1.82) is 0 Å². The first-order valence-electron chi connectivity index (χ1n) is 6.70. The van der Waals surface area contributed by atoms with Crippen molar-refractivity contribution in [2.24, 2.45) is 0 Å². The van der Waals surface area contributed by atoms with E-state index in [4.69, 9.17) is 0 Å². The van der Waals surface area contributed by atoms with Crippen molar-refractivity contribution in [2.75, 3.05) is 5.32 Å². The molecule has 0 saturated heterocycles. The highest BCUT2D eigenvalue weighted by Crippen LogP contribution is 2.14. The largest absolute Gasteiger partial charge is 0.325 e. The summed E-state index contributed by atoms with van der Waals surface area (Å²) in [5, 5.41) is 1.37. The first-order valence-corrected chi connectivity index (χ1v) is 8.42. The lowest BCUT2D eigenvalue weighted by atomic mass is 10.2. The third-order valence-electron chi connectivity index (χ3n) is 3.23. The van der Waals surface area contributed by atoms with Crippen molar-refractivity contribution in [2.45, 2.75) is 17.9 Å². The van der Waals surface area contributed by atoms with Gasteiger partial charge in [0.1, 0.15) is 11.1 Å². The maximum atomic E-state index is 12.8. The number of carbonyl (C=O) groups is 1. The quantitative estimate of drug-likeness (QED) is 0.921. The van der Waals surface area contributed by atoms with Gasteiger partial charge in [-0.15, -0.1) is 0 Å². The molecule has 2 aromatic carbocycles. The van der Waals surface area contributed by atoms with Crippen LogP contribution in [0.1, 0.15) is 12.5 Å². The first kappa shape index (κ1) is 16.2. The monoisotopic (exact) mass is 321 g/mol. The Kier molecular flexibility index (Phi) is 4.92. The van der Waals surface area contributed by atoms with Gasteiger partial charge in [-0.05, 0) is 36.8 Å². The van der Waals surface area contributed by atoms with Crippen LogP contribution in [0.25, 0.3) is 0 Å². The Morgan fingerprint density at radius 1 is 1.09 bits per heavy atom. The number of sulfone groups is 1. The summed E-state index contributed by atoms with van der Waals surface area (Å²) in [5.74, 6) is -1.33. The second kappa shape index (κ2) is 6.70. The highest BCUT2D eigenvalue weighted by Gasteiger charge is 2.28. The molecule has 0 aliphatic carbocycles. The van der Waals surface area contributed by atoms with Crippen LogP contribution in [0.4, 0.5) is 10.1 Å². The van der Waals surface area contributed by atoms with Gasteiger partial charge in [0.05, 0.1) is 5.75 Å². The second-order valence-corrected chi connectivity index (χ2v) is 7.25. The van der Waals surface area contributed by atoms with Gasteiger partial charge in [0.25, 0.3) is 0 Å². The standard InChI is InChI=1S/C16H16FNO3S/c1-12(16(19)18-15-5-3-2-4-6-15)22(20,21)11-13-7-9-14(17)10-8-13/h2-10,12H,11H2,1H3,(H,18,19). The molecule has 1 atom stereocenters. The molecule has 2 rings (SSSR count). The lowest BCUT2D eigenvalue weighted by Crippen LogP contribution is -2.33. The molecule has 0 saturated carbocycles. The molecule has 6 heteroatoms. The third-order valence-corrected chi connectivity index (χ3v) is 5.26. The Balaban J connectivity index is 2.08. The zero-order chi connectivity index (χ0) is 16.2. The van der Waals surface area contributed by atoms with E-state index in [1.54, 1.807) is 30.3 Å². The molecule has 0 bridgehead atoms. The normalized spacial score (nSPS) is 12.6. The summed E-state index contributed by atoms with van der Waals surface area (Å²) in [6, 6.07) is 13.8. The van der Waals surface area contributed by atoms with Crippen molar-refractivity contribution in [1.82, 2.24) is 0 Å². The SMILES string of the molecule is CC(C(=O)Nc1ccccc1)S(=O)(=O)Cc1ccc(F)cc1. The molecule has 1 unspecified atom stereocenters. The van der Waals surface area contributed by atoms with Gasteiger partial charge in [-0.1, -0.05) is 30.3 Å². The second-order valence-electron chi connectivity index (χ2n) is 4.93. The summed E-state index contributed by atoms with van der Waals surface area (Å²) in [6.07, 6.45) is 0. The van der Waals surface area contributed by atoms with Crippen LogP contribution in [-0.4, -0.2) is 19.6 Å². The number of rotatable bonds is 5. The summed E-state index contributed by atoms with van der Waals surface area (Å²) < 4.78 is 37.4. The molecule has 0 aliphatic heterocycles. The van der Waals surface area contributed by atoms with Gasteiger partial charge in [0.15, 0.2) is 9.84 Å². The van der Waals surface area contributed by atoms with E-state index < -0.39 is 26.8 Å². The molecule has 2 aromatic rings.